The summed E-state index contributed by atoms with van der Waals surface area (Å²) in [7, 11) is -3.57. The van der Waals surface area contributed by atoms with Crippen molar-refractivity contribution in [2.75, 3.05) is 13.1 Å². The molecule has 1 fully saturated rings. The number of sulfonamides is 1. The zero-order valence-corrected chi connectivity index (χ0v) is 12.9. The summed E-state index contributed by atoms with van der Waals surface area (Å²) in [6.45, 7) is 6.63. The number of halogens is 1. The minimum atomic E-state index is -3.57. The number of hydrogen-bond donors (Lipinski definition) is 1. The number of benzene rings is 1. The summed E-state index contributed by atoms with van der Waals surface area (Å²) in [5, 5.41) is 0. The van der Waals surface area contributed by atoms with Crippen LogP contribution in [-0.4, -0.2) is 25.8 Å². The van der Waals surface area contributed by atoms with Crippen LogP contribution < -0.4 is 5.73 Å². The van der Waals surface area contributed by atoms with Gasteiger partial charge in [0.25, 0.3) is 0 Å². The van der Waals surface area contributed by atoms with Crippen LogP contribution in [0.25, 0.3) is 0 Å². The molecule has 0 bridgehead atoms. The summed E-state index contributed by atoms with van der Waals surface area (Å²) < 4.78 is 40.5. The average molecular weight is 300 g/mol. The van der Waals surface area contributed by atoms with Crippen LogP contribution in [0.2, 0.25) is 0 Å². The van der Waals surface area contributed by atoms with Crippen LogP contribution in [0.5, 0.6) is 0 Å². The van der Waals surface area contributed by atoms with Crippen molar-refractivity contribution in [3.8, 4) is 0 Å². The monoisotopic (exact) mass is 300 g/mol. The molecule has 0 aromatic heterocycles. The van der Waals surface area contributed by atoms with Gasteiger partial charge in [-0.25, -0.2) is 12.8 Å². The van der Waals surface area contributed by atoms with Crippen LogP contribution in [-0.2, 0) is 16.6 Å². The highest BCUT2D eigenvalue weighted by molar-refractivity contribution is 7.89. The Labute approximate surface area is 119 Å². The Bertz CT molecular complexity index is 626. The highest BCUT2D eigenvalue weighted by atomic mass is 32.2. The second-order valence-corrected chi connectivity index (χ2v) is 8.11. The topological polar surface area (TPSA) is 63.4 Å². The van der Waals surface area contributed by atoms with E-state index in [9.17, 15) is 12.8 Å². The van der Waals surface area contributed by atoms with Gasteiger partial charge >= 0.3 is 0 Å². The highest BCUT2D eigenvalue weighted by Gasteiger charge is 2.37. The largest absolute Gasteiger partial charge is 0.326 e. The fraction of sp³-hybridized carbons (Fsp3) is 0.571. The van der Waals surface area contributed by atoms with Gasteiger partial charge in [-0.05, 0) is 36.5 Å². The molecule has 1 aromatic rings. The summed E-state index contributed by atoms with van der Waals surface area (Å²) in [5.74, 6) is -0.423. The molecule has 2 rings (SSSR count). The molecule has 112 valence electrons. The van der Waals surface area contributed by atoms with Crippen LogP contribution >= 0.6 is 0 Å². The molecule has 1 saturated heterocycles. The summed E-state index contributed by atoms with van der Waals surface area (Å²) in [4.78, 5) is 0.134. The van der Waals surface area contributed by atoms with Crippen molar-refractivity contribution in [2.24, 2.45) is 11.1 Å². The summed E-state index contributed by atoms with van der Waals surface area (Å²) in [6.07, 6.45) is 0.830. The molecule has 0 unspecified atom stereocenters. The van der Waals surface area contributed by atoms with Gasteiger partial charge in [0.1, 0.15) is 5.82 Å². The third kappa shape index (κ3) is 2.73. The molecule has 1 aliphatic heterocycles. The van der Waals surface area contributed by atoms with E-state index in [1.807, 2.05) is 13.8 Å². The minimum Gasteiger partial charge on any atom is -0.326 e. The molecule has 0 saturated carbocycles. The van der Waals surface area contributed by atoms with Crippen molar-refractivity contribution in [1.29, 1.82) is 0 Å². The zero-order chi connectivity index (χ0) is 15.1. The molecule has 2 N–H and O–H groups in total. The van der Waals surface area contributed by atoms with Crippen molar-refractivity contribution < 1.29 is 12.8 Å². The maximum absolute atomic E-state index is 13.8. The Morgan fingerprint density at radius 3 is 2.55 bits per heavy atom. The van der Waals surface area contributed by atoms with Gasteiger partial charge in [0, 0.05) is 25.2 Å². The number of nitrogens with zero attached hydrogens (tertiary/aromatic N) is 1. The van der Waals surface area contributed by atoms with Gasteiger partial charge in [0.15, 0.2) is 0 Å². The molecule has 4 nitrogen and oxygen atoms in total. The maximum atomic E-state index is 13.8. The van der Waals surface area contributed by atoms with E-state index >= 15 is 0 Å². The van der Waals surface area contributed by atoms with E-state index in [4.69, 9.17) is 5.73 Å². The first-order valence-electron chi connectivity index (χ1n) is 6.67. The van der Waals surface area contributed by atoms with Crippen LogP contribution in [0, 0.1) is 18.2 Å². The van der Waals surface area contributed by atoms with Gasteiger partial charge in [-0.2, -0.15) is 4.31 Å². The number of rotatable bonds is 3. The van der Waals surface area contributed by atoms with E-state index in [2.05, 4.69) is 0 Å². The molecular formula is C14H21FN2O2S. The molecule has 0 spiro atoms. The molecule has 0 aliphatic carbocycles. The molecular weight excluding hydrogens is 279 g/mol. The second-order valence-electron chi connectivity index (χ2n) is 6.17. The van der Waals surface area contributed by atoms with E-state index in [0.717, 1.165) is 6.42 Å². The van der Waals surface area contributed by atoms with E-state index in [1.165, 1.54) is 16.4 Å². The molecule has 0 radical (unpaired) electrons. The fourth-order valence-electron chi connectivity index (χ4n) is 2.52. The van der Waals surface area contributed by atoms with Gasteiger partial charge in [0.2, 0.25) is 10.0 Å². The maximum Gasteiger partial charge on any atom is 0.243 e. The Morgan fingerprint density at radius 1 is 1.40 bits per heavy atom. The molecule has 1 aliphatic rings. The zero-order valence-electron chi connectivity index (χ0n) is 12.1. The second kappa shape index (κ2) is 5.09. The molecule has 0 amide bonds. The smallest absolute Gasteiger partial charge is 0.243 e. The standard InChI is InChI=1S/C14H21FN2O2S/c1-10-6-12(7-11(8-16)13(10)15)20(18,19)17-5-4-14(2,3)9-17/h6-7H,4-5,8-9,16H2,1-3H3. The van der Waals surface area contributed by atoms with E-state index < -0.39 is 15.8 Å². The molecule has 1 aromatic carbocycles. The van der Waals surface area contributed by atoms with Crippen molar-refractivity contribution >= 4 is 10.0 Å². The first-order chi connectivity index (χ1) is 9.17. The van der Waals surface area contributed by atoms with Gasteiger partial charge < -0.3 is 5.73 Å². The lowest BCUT2D eigenvalue weighted by molar-refractivity contribution is 0.375. The van der Waals surface area contributed by atoms with Gasteiger partial charge in [-0.15, -0.1) is 0 Å². The van der Waals surface area contributed by atoms with Crippen molar-refractivity contribution in [3.05, 3.63) is 29.1 Å². The van der Waals surface area contributed by atoms with E-state index in [-0.39, 0.29) is 22.4 Å². The number of hydrogen-bond acceptors (Lipinski definition) is 3. The summed E-state index contributed by atoms with van der Waals surface area (Å²) in [6, 6.07) is 2.73. The lowest BCUT2D eigenvalue weighted by Gasteiger charge is -2.20. The Kier molecular flexibility index (Phi) is 3.92. The summed E-state index contributed by atoms with van der Waals surface area (Å²) >= 11 is 0. The molecule has 6 heteroatoms. The predicted octanol–water partition coefficient (Wildman–Crippen LogP) is 2.01. The van der Waals surface area contributed by atoms with Gasteiger partial charge in [-0.1, -0.05) is 13.8 Å². The van der Waals surface area contributed by atoms with Crippen molar-refractivity contribution in [1.82, 2.24) is 4.31 Å². The van der Waals surface area contributed by atoms with Crippen molar-refractivity contribution in [3.63, 3.8) is 0 Å². The third-order valence-electron chi connectivity index (χ3n) is 3.80. The van der Waals surface area contributed by atoms with Gasteiger partial charge in [-0.3, -0.25) is 0 Å². The number of aryl methyl sites for hydroxylation is 1. The van der Waals surface area contributed by atoms with Crippen LogP contribution in [0.1, 0.15) is 31.4 Å². The van der Waals surface area contributed by atoms with E-state index in [0.29, 0.717) is 18.7 Å². The lowest BCUT2D eigenvalue weighted by atomic mass is 9.93. The first-order valence-corrected chi connectivity index (χ1v) is 8.11. The Morgan fingerprint density at radius 2 is 2.05 bits per heavy atom. The normalized spacial score (nSPS) is 19.4. The molecule has 20 heavy (non-hydrogen) atoms. The first kappa shape index (κ1) is 15.4. The van der Waals surface area contributed by atoms with E-state index in [1.54, 1.807) is 6.92 Å². The van der Waals surface area contributed by atoms with Gasteiger partial charge in [0.05, 0.1) is 4.90 Å². The Balaban J connectivity index is 2.43. The SMILES string of the molecule is Cc1cc(S(=O)(=O)N2CCC(C)(C)C2)cc(CN)c1F. The number of nitrogens with two attached hydrogens (primary N) is 1. The third-order valence-corrected chi connectivity index (χ3v) is 5.63. The molecule has 1 heterocycles. The average Bonchev–Trinajstić information content (AvgIpc) is 2.73. The van der Waals surface area contributed by atoms with Crippen LogP contribution in [0.3, 0.4) is 0 Å². The quantitative estimate of drug-likeness (QED) is 0.929. The van der Waals surface area contributed by atoms with Crippen molar-refractivity contribution in [2.45, 2.75) is 38.6 Å². The predicted molar refractivity (Wildman–Crippen MR) is 76.2 cm³/mol. The van der Waals surface area contributed by atoms with Crippen LogP contribution in [0.4, 0.5) is 4.39 Å². The minimum absolute atomic E-state index is 0.0124. The Hall–Kier alpha value is -0.980. The van der Waals surface area contributed by atoms with Crippen LogP contribution in [0.15, 0.2) is 17.0 Å². The highest BCUT2D eigenvalue weighted by Crippen LogP contribution is 2.33. The summed E-state index contributed by atoms with van der Waals surface area (Å²) in [5.41, 5.74) is 6.01. The fourth-order valence-corrected chi connectivity index (χ4v) is 4.29. The molecule has 0 atom stereocenters. The lowest BCUT2D eigenvalue weighted by Crippen LogP contribution is -2.30.